The van der Waals surface area contributed by atoms with Gasteiger partial charge in [-0.25, -0.2) is 0 Å². The van der Waals surface area contributed by atoms with Crippen molar-refractivity contribution in [3.63, 3.8) is 0 Å². The van der Waals surface area contributed by atoms with Crippen molar-refractivity contribution in [3.8, 4) is 0 Å². The quantitative estimate of drug-likeness (QED) is 0.226. The molecule has 1 amide bonds. The lowest BCUT2D eigenvalue weighted by Crippen LogP contribution is -2.52. The summed E-state index contributed by atoms with van der Waals surface area (Å²) in [5.41, 5.74) is 2.06. The first-order valence-electron chi connectivity index (χ1n) is 14.4. The lowest BCUT2D eigenvalue weighted by atomic mass is 10.1. The molecule has 0 aliphatic carbocycles. The van der Waals surface area contributed by atoms with Gasteiger partial charge in [0.25, 0.3) is 0 Å². The fourth-order valence-corrected chi connectivity index (χ4v) is 6.00. The summed E-state index contributed by atoms with van der Waals surface area (Å²) in [6, 6.07) is 20.4. The zero-order valence-corrected chi connectivity index (χ0v) is 25.8. The van der Waals surface area contributed by atoms with Gasteiger partial charge in [-0.05, 0) is 46.4 Å². The fourth-order valence-electron chi connectivity index (χ4n) is 5.47. The van der Waals surface area contributed by atoms with Crippen LogP contribution in [0.4, 0.5) is 0 Å². The van der Waals surface area contributed by atoms with E-state index in [1.54, 1.807) is 6.07 Å². The van der Waals surface area contributed by atoms with E-state index in [2.05, 4.69) is 80.0 Å². The maximum absolute atomic E-state index is 13.2. The summed E-state index contributed by atoms with van der Waals surface area (Å²) in [7, 11) is 0. The normalized spacial score (nSPS) is 15.5. The number of fused-ring (bicyclic) bond motifs is 1. The molecule has 1 aliphatic rings. The SMILES string of the molecule is CC(C)CN(CC(=O)N1CCN(CC(OCc2ccc3ccccc3c2)c2ccc(Cl)cc2Cl)CC1)CC(C)C. The molecule has 216 valence electrons. The van der Waals surface area contributed by atoms with Crippen LogP contribution in [0.5, 0.6) is 0 Å². The maximum atomic E-state index is 13.2. The summed E-state index contributed by atoms with van der Waals surface area (Å²) in [6.07, 6.45) is -0.217. The molecule has 1 atom stereocenters. The first kappa shape index (κ1) is 30.8. The number of hydrogen-bond donors (Lipinski definition) is 0. The number of hydrogen-bond acceptors (Lipinski definition) is 4. The molecule has 1 unspecified atom stereocenters. The van der Waals surface area contributed by atoms with Crippen LogP contribution in [-0.4, -0.2) is 73.0 Å². The second-order valence-corrected chi connectivity index (χ2v) is 12.7. The van der Waals surface area contributed by atoms with E-state index < -0.39 is 0 Å². The number of carbonyl (C=O) groups excluding carboxylic acids is 1. The van der Waals surface area contributed by atoms with Gasteiger partial charge in [0.1, 0.15) is 0 Å². The molecule has 0 radical (unpaired) electrons. The van der Waals surface area contributed by atoms with Gasteiger partial charge in [-0.1, -0.05) is 93.4 Å². The minimum atomic E-state index is -0.217. The van der Waals surface area contributed by atoms with Gasteiger partial charge >= 0.3 is 0 Å². The van der Waals surface area contributed by atoms with Gasteiger partial charge in [-0.15, -0.1) is 0 Å². The second-order valence-electron chi connectivity index (χ2n) is 11.8. The monoisotopic (exact) mass is 583 g/mol. The van der Waals surface area contributed by atoms with E-state index in [1.165, 1.54) is 10.8 Å². The molecule has 3 aromatic carbocycles. The number of halogens is 2. The minimum absolute atomic E-state index is 0.217. The summed E-state index contributed by atoms with van der Waals surface area (Å²) >= 11 is 12.8. The van der Waals surface area contributed by atoms with Crippen molar-refractivity contribution in [1.82, 2.24) is 14.7 Å². The Morgan fingerprint density at radius 3 is 2.20 bits per heavy atom. The Morgan fingerprint density at radius 1 is 0.875 bits per heavy atom. The maximum Gasteiger partial charge on any atom is 0.236 e. The van der Waals surface area contributed by atoms with Gasteiger partial charge in [0.2, 0.25) is 5.91 Å². The van der Waals surface area contributed by atoms with Crippen molar-refractivity contribution in [3.05, 3.63) is 81.8 Å². The molecule has 1 aliphatic heterocycles. The number of amides is 1. The molecule has 3 aromatic rings. The van der Waals surface area contributed by atoms with E-state index in [-0.39, 0.29) is 12.0 Å². The Balaban J connectivity index is 1.38. The van der Waals surface area contributed by atoms with Crippen molar-refractivity contribution in [2.45, 2.75) is 40.4 Å². The van der Waals surface area contributed by atoms with Gasteiger partial charge in [0, 0.05) is 61.4 Å². The Morgan fingerprint density at radius 2 is 1.55 bits per heavy atom. The highest BCUT2D eigenvalue weighted by Crippen LogP contribution is 2.30. The molecule has 0 aromatic heterocycles. The highest BCUT2D eigenvalue weighted by atomic mass is 35.5. The molecule has 1 fully saturated rings. The summed E-state index contributed by atoms with van der Waals surface area (Å²) < 4.78 is 6.53. The third-order valence-corrected chi connectivity index (χ3v) is 7.89. The van der Waals surface area contributed by atoms with Crippen molar-refractivity contribution in [1.29, 1.82) is 0 Å². The van der Waals surface area contributed by atoms with Gasteiger partial charge < -0.3 is 9.64 Å². The van der Waals surface area contributed by atoms with Gasteiger partial charge in [0.05, 0.1) is 19.3 Å². The number of carbonyl (C=O) groups is 1. The third kappa shape index (κ3) is 8.92. The zero-order valence-electron chi connectivity index (χ0n) is 24.3. The van der Waals surface area contributed by atoms with Crippen LogP contribution in [0.15, 0.2) is 60.7 Å². The summed E-state index contributed by atoms with van der Waals surface area (Å²) in [6.45, 7) is 15.5. The Kier molecular flexibility index (Phi) is 11.3. The van der Waals surface area contributed by atoms with E-state index in [9.17, 15) is 4.79 Å². The predicted molar refractivity (Wildman–Crippen MR) is 167 cm³/mol. The van der Waals surface area contributed by atoms with Crippen molar-refractivity contribution in [2.75, 3.05) is 52.4 Å². The topological polar surface area (TPSA) is 36.0 Å². The molecular weight excluding hydrogens is 541 g/mol. The highest BCUT2D eigenvalue weighted by Gasteiger charge is 2.26. The Labute approximate surface area is 250 Å². The van der Waals surface area contributed by atoms with E-state index in [1.807, 2.05) is 17.0 Å². The number of nitrogens with zero attached hydrogens (tertiary/aromatic N) is 3. The van der Waals surface area contributed by atoms with Crippen LogP contribution >= 0.6 is 23.2 Å². The molecule has 0 saturated carbocycles. The number of benzene rings is 3. The standard InChI is InChI=1S/C33H43Cl2N3O2/c1-24(2)19-37(20-25(3)4)22-33(39)38-15-13-36(14-16-38)21-32(30-12-11-29(34)18-31(30)35)40-23-26-9-10-27-7-5-6-8-28(27)17-26/h5-12,17-18,24-25,32H,13-16,19-23H2,1-4H3. The lowest BCUT2D eigenvalue weighted by molar-refractivity contribution is -0.134. The van der Waals surface area contributed by atoms with Crippen LogP contribution in [0, 0.1) is 11.8 Å². The van der Waals surface area contributed by atoms with Crippen LogP contribution in [-0.2, 0) is 16.1 Å². The van der Waals surface area contributed by atoms with E-state index >= 15 is 0 Å². The van der Waals surface area contributed by atoms with Crippen LogP contribution in [0.2, 0.25) is 10.0 Å². The summed E-state index contributed by atoms with van der Waals surface area (Å²) in [5, 5.41) is 3.64. The molecule has 40 heavy (non-hydrogen) atoms. The van der Waals surface area contributed by atoms with E-state index in [0.717, 1.165) is 50.4 Å². The van der Waals surface area contributed by atoms with Crippen molar-refractivity contribution < 1.29 is 9.53 Å². The second kappa shape index (κ2) is 14.7. The van der Waals surface area contributed by atoms with Crippen molar-refractivity contribution in [2.24, 2.45) is 11.8 Å². The zero-order chi connectivity index (χ0) is 28.6. The van der Waals surface area contributed by atoms with Crippen LogP contribution < -0.4 is 0 Å². The molecule has 0 bridgehead atoms. The smallest absolute Gasteiger partial charge is 0.236 e. The van der Waals surface area contributed by atoms with Crippen LogP contribution in [0.1, 0.15) is 44.9 Å². The Hall–Kier alpha value is -2.15. The van der Waals surface area contributed by atoms with Crippen LogP contribution in [0.3, 0.4) is 0 Å². The minimum Gasteiger partial charge on any atom is -0.367 e. The van der Waals surface area contributed by atoms with Gasteiger partial charge in [-0.3, -0.25) is 14.6 Å². The lowest BCUT2D eigenvalue weighted by Gasteiger charge is -2.37. The van der Waals surface area contributed by atoms with Gasteiger partial charge in [0.15, 0.2) is 0 Å². The molecule has 7 heteroatoms. The van der Waals surface area contributed by atoms with Crippen molar-refractivity contribution >= 4 is 39.9 Å². The molecule has 5 nitrogen and oxygen atoms in total. The number of ether oxygens (including phenoxy) is 1. The average molecular weight is 585 g/mol. The molecule has 1 heterocycles. The Bertz CT molecular complexity index is 1250. The molecule has 0 N–H and O–H groups in total. The largest absolute Gasteiger partial charge is 0.367 e. The summed E-state index contributed by atoms with van der Waals surface area (Å²) in [5.74, 6) is 1.30. The van der Waals surface area contributed by atoms with E-state index in [0.29, 0.717) is 41.6 Å². The first-order chi connectivity index (χ1) is 19.2. The molecule has 0 spiro atoms. The molecule has 1 saturated heterocycles. The number of rotatable bonds is 12. The molecular formula is C33H43Cl2N3O2. The van der Waals surface area contributed by atoms with Crippen LogP contribution in [0.25, 0.3) is 10.8 Å². The fraction of sp³-hybridized carbons (Fsp3) is 0.485. The predicted octanol–water partition coefficient (Wildman–Crippen LogP) is 7.16. The van der Waals surface area contributed by atoms with E-state index in [4.69, 9.17) is 27.9 Å². The number of piperazine rings is 1. The molecule has 4 rings (SSSR count). The summed E-state index contributed by atoms with van der Waals surface area (Å²) in [4.78, 5) is 19.9. The highest BCUT2D eigenvalue weighted by molar-refractivity contribution is 6.35. The van der Waals surface area contributed by atoms with Gasteiger partial charge in [-0.2, -0.15) is 0 Å². The third-order valence-electron chi connectivity index (χ3n) is 7.33. The first-order valence-corrected chi connectivity index (χ1v) is 15.2. The average Bonchev–Trinajstić information content (AvgIpc) is 2.90.